The molecule has 21 heavy (non-hydrogen) atoms. The van der Waals surface area contributed by atoms with E-state index in [2.05, 4.69) is 10.6 Å². The molecule has 0 saturated heterocycles. The van der Waals surface area contributed by atoms with Crippen LogP contribution in [0, 0.1) is 0 Å². The van der Waals surface area contributed by atoms with Gasteiger partial charge in [-0.05, 0) is 48.9 Å². The van der Waals surface area contributed by atoms with Gasteiger partial charge in [-0.1, -0.05) is 12.1 Å². The van der Waals surface area contributed by atoms with Gasteiger partial charge in [0.1, 0.15) is 0 Å². The van der Waals surface area contributed by atoms with Gasteiger partial charge in [-0.3, -0.25) is 4.79 Å². The lowest BCUT2D eigenvalue weighted by molar-refractivity contribution is 0.102. The zero-order valence-corrected chi connectivity index (χ0v) is 12.3. The molecule has 2 aromatic carbocycles. The van der Waals surface area contributed by atoms with Crippen molar-refractivity contribution in [3.05, 3.63) is 59.7 Å². The molecule has 1 amide bonds. The van der Waals surface area contributed by atoms with E-state index < -0.39 is 0 Å². The molecule has 0 bridgehead atoms. The number of anilines is 2. The van der Waals surface area contributed by atoms with Crippen molar-refractivity contribution >= 4 is 17.3 Å². The first-order chi connectivity index (χ1) is 10.2. The fourth-order valence-electron chi connectivity index (χ4n) is 2.05. The Balaban J connectivity index is 2.05. The summed E-state index contributed by atoms with van der Waals surface area (Å²) in [6.45, 7) is 3.42. The fourth-order valence-corrected chi connectivity index (χ4v) is 2.05. The van der Waals surface area contributed by atoms with E-state index in [1.54, 1.807) is 7.11 Å². The van der Waals surface area contributed by atoms with Crippen molar-refractivity contribution in [2.45, 2.75) is 13.5 Å². The molecule has 2 aromatic rings. The van der Waals surface area contributed by atoms with Crippen LogP contribution in [0.1, 0.15) is 22.8 Å². The predicted molar refractivity (Wildman–Crippen MR) is 85.7 cm³/mol. The Morgan fingerprint density at radius 2 is 1.86 bits per heavy atom. The molecule has 0 aliphatic carbocycles. The molecule has 0 radical (unpaired) electrons. The van der Waals surface area contributed by atoms with Crippen LogP contribution in [0.2, 0.25) is 0 Å². The van der Waals surface area contributed by atoms with E-state index in [1.807, 2.05) is 55.5 Å². The molecule has 2 N–H and O–H groups in total. The maximum atomic E-state index is 12.2. The molecule has 0 unspecified atom stereocenters. The predicted octanol–water partition coefficient (Wildman–Crippen LogP) is 3.52. The van der Waals surface area contributed by atoms with E-state index in [0.717, 1.165) is 23.5 Å². The number of nitrogens with one attached hydrogen (secondary N) is 2. The average molecular weight is 284 g/mol. The molecule has 0 aromatic heterocycles. The molecule has 110 valence electrons. The quantitative estimate of drug-likeness (QED) is 0.853. The second kappa shape index (κ2) is 7.45. The monoisotopic (exact) mass is 284 g/mol. The molecular weight excluding hydrogens is 264 g/mol. The molecule has 0 saturated carbocycles. The van der Waals surface area contributed by atoms with Crippen molar-refractivity contribution in [1.29, 1.82) is 0 Å². The van der Waals surface area contributed by atoms with Crippen molar-refractivity contribution < 1.29 is 9.53 Å². The first-order valence-electron chi connectivity index (χ1n) is 6.96. The standard InChI is InChI=1S/C17H20N2O2/c1-3-18-15-9-7-14(8-10-15)17(20)19-16-6-4-5-13(11-16)12-21-2/h4-11,18H,3,12H2,1-2H3,(H,19,20). The van der Waals surface area contributed by atoms with Crippen LogP contribution in [0.5, 0.6) is 0 Å². The Labute approximate surface area is 125 Å². The molecule has 4 heteroatoms. The minimum absolute atomic E-state index is 0.118. The first-order valence-corrected chi connectivity index (χ1v) is 6.96. The maximum absolute atomic E-state index is 12.2. The summed E-state index contributed by atoms with van der Waals surface area (Å²) in [5, 5.41) is 6.09. The van der Waals surface area contributed by atoms with E-state index in [9.17, 15) is 4.79 Å². The summed E-state index contributed by atoms with van der Waals surface area (Å²) in [5.74, 6) is -0.118. The lowest BCUT2D eigenvalue weighted by Crippen LogP contribution is -2.12. The molecule has 0 spiro atoms. The number of benzene rings is 2. The fraction of sp³-hybridized carbons (Fsp3) is 0.235. The van der Waals surface area contributed by atoms with Crippen LogP contribution >= 0.6 is 0 Å². The van der Waals surface area contributed by atoms with Crippen LogP contribution in [-0.4, -0.2) is 19.6 Å². The van der Waals surface area contributed by atoms with Gasteiger partial charge in [-0.25, -0.2) is 0 Å². The van der Waals surface area contributed by atoms with Gasteiger partial charge in [0.15, 0.2) is 0 Å². The maximum Gasteiger partial charge on any atom is 0.255 e. The SMILES string of the molecule is CCNc1ccc(C(=O)Nc2cccc(COC)c2)cc1. The van der Waals surface area contributed by atoms with E-state index in [-0.39, 0.29) is 5.91 Å². The van der Waals surface area contributed by atoms with Gasteiger partial charge in [0, 0.05) is 30.6 Å². The number of methoxy groups -OCH3 is 1. The second-order valence-electron chi connectivity index (χ2n) is 4.70. The van der Waals surface area contributed by atoms with Crippen molar-refractivity contribution in [2.75, 3.05) is 24.3 Å². The highest BCUT2D eigenvalue weighted by molar-refractivity contribution is 6.04. The van der Waals surface area contributed by atoms with Crippen LogP contribution in [0.15, 0.2) is 48.5 Å². The van der Waals surface area contributed by atoms with Gasteiger partial charge >= 0.3 is 0 Å². The molecule has 2 rings (SSSR count). The Hall–Kier alpha value is -2.33. The first kappa shape index (κ1) is 15.1. The van der Waals surface area contributed by atoms with Crippen LogP contribution in [0.3, 0.4) is 0 Å². The second-order valence-corrected chi connectivity index (χ2v) is 4.70. The van der Waals surface area contributed by atoms with Crippen LogP contribution in [0.25, 0.3) is 0 Å². The molecule has 4 nitrogen and oxygen atoms in total. The summed E-state index contributed by atoms with van der Waals surface area (Å²) >= 11 is 0. The number of amides is 1. The minimum Gasteiger partial charge on any atom is -0.385 e. The third-order valence-electron chi connectivity index (χ3n) is 3.02. The Kier molecular flexibility index (Phi) is 5.35. The number of rotatable bonds is 6. The van der Waals surface area contributed by atoms with Crippen molar-refractivity contribution in [1.82, 2.24) is 0 Å². The van der Waals surface area contributed by atoms with Gasteiger partial charge < -0.3 is 15.4 Å². The molecule has 0 heterocycles. The topological polar surface area (TPSA) is 50.4 Å². The summed E-state index contributed by atoms with van der Waals surface area (Å²) in [6, 6.07) is 15.1. The van der Waals surface area contributed by atoms with Crippen molar-refractivity contribution in [3.8, 4) is 0 Å². The Bertz CT molecular complexity index is 594. The third kappa shape index (κ3) is 4.33. The summed E-state index contributed by atoms with van der Waals surface area (Å²) in [6.07, 6.45) is 0. The smallest absolute Gasteiger partial charge is 0.255 e. The summed E-state index contributed by atoms with van der Waals surface area (Å²) in [5.41, 5.74) is 3.44. The molecule has 0 aliphatic heterocycles. The van der Waals surface area contributed by atoms with Gasteiger partial charge in [0.25, 0.3) is 5.91 Å². The van der Waals surface area contributed by atoms with Crippen LogP contribution in [0.4, 0.5) is 11.4 Å². The minimum atomic E-state index is -0.118. The third-order valence-corrected chi connectivity index (χ3v) is 3.02. The number of carbonyl (C=O) groups excluding carboxylic acids is 1. The van der Waals surface area contributed by atoms with E-state index >= 15 is 0 Å². The summed E-state index contributed by atoms with van der Waals surface area (Å²) in [7, 11) is 1.65. The molecular formula is C17H20N2O2. The lowest BCUT2D eigenvalue weighted by Gasteiger charge is -2.08. The number of ether oxygens (including phenoxy) is 1. The normalized spacial score (nSPS) is 10.2. The number of carbonyl (C=O) groups is 1. The largest absolute Gasteiger partial charge is 0.385 e. The molecule has 0 fully saturated rings. The van der Waals surface area contributed by atoms with Gasteiger partial charge in [-0.15, -0.1) is 0 Å². The average Bonchev–Trinajstić information content (AvgIpc) is 2.49. The summed E-state index contributed by atoms with van der Waals surface area (Å²) < 4.78 is 5.09. The van der Waals surface area contributed by atoms with Crippen LogP contribution < -0.4 is 10.6 Å². The number of hydrogen-bond acceptors (Lipinski definition) is 3. The van der Waals surface area contributed by atoms with E-state index in [0.29, 0.717) is 12.2 Å². The lowest BCUT2D eigenvalue weighted by atomic mass is 10.1. The number of hydrogen-bond donors (Lipinski definition) is 2. The van der Waals surface area contributed by atoms with Gasteiger partial charge in [0.2, 0.25) is 0 Å². The highest BCUT2D eigenvalue weighted by atomic mass is 16.5. The van der Waals surface area contributed by atoms with Gasteiger partial charge in [-0.2, -0.15) is 0 Å². The van der Waals surface area contributed by atoms with Crippen molar-refractivity contribution in [2.24, 2.45) is 0 Å². The molecule has 0 aliphatic rings. The van der Waals surface area contributed by atoms with Gasteiger partial charge in [0.05, 0.1) is 6.61 Å². The highest BCUT2D eigenvalue weighted by Gasteiger charge is 2.06. The van der Waals surface area contributed by atoms with Crippen LogP contribution in [-0.2, 0) is 11.3 Å². The zero-order valence-electron chi connectivity index (χ0n) is 12.3. The molecule has 0 atom stereocenters. The Morgan fingerprint density at radius 1 is 1.10 bits per heavy atom. The summed E-state index contributed by atoms with van der Waals surface area (Å²) in [4.78, 5) is 12.2. The highest BCUT2D eigenvalue weighted by Crippen LogP contribution is 2.14. The van der Waals surface area contributed by atoms with E-state index in [4.69, 9.17) is 4.74 Å². The Morgan fingerprint density at radius 3 is 2.52 bits per heavy atom. The van der Waals surface area contributed by atoms with Crippen molar-refractivity contribution in [3.63, 3.8) is 0 Å². The van der Waals surface area contributed by atoms with E-state index in [1.165, 1.54) is 0 Å². The zero-order chi connectivity index (χ0) is 15.1.